The zero-order valence-electron chi connectivity index (χ0n) is 12.6. The third kappa shape index (κ3) is 2.86. The molecule has 0 fully saturated rings. The van der Waals surface area contributed by atoms with E-state index in [1.165, 1.54) is 23.5 Å². The molecule has 5 heteroatoms. The van der Waals surface area contributed by atoms with E-state index in [4.69, 9.17) is 0 Å². The molecule has 0 aliphatic heterocycles. The van der Waals surface area contributed by atoms with E-state index in [0.717, 1.165) is 26.6 Å². The predicted octanol–water partition coefficient (Wildman–Crippen LogP) is 4.77. The van der Waals surface area contributed by atoms with Gasteiger partial charge in [-0.15, -0.1) is 0 Å². The van der Waals surface area contributed by atoms with Gasteiger partial charge >= 0.3 is 0 Å². The van der Waals surface area contributed by atoms with Crippen LogP contribution < -0.4 is 5.32 Å². The van der Waals surface area contributed by atoms with Crippen molar-refractivity contribution < 1.29 is 9.18 Å². The first-order valence-corrected chi connectivity index (χ1v) is 8.33. The summed E-state index contributed by atoms with van der Waals surface area (Å²) in [5.41, 5.74) is 1.64. The molecule has 3 nitrogen and oxygen atoms in total. The molecule has 1 amide bonds. The van der Waals surface area contributed by atoms with Gasteiger partial charge in [-0.25, -0.2) is 9.37 Å². The number of hydrogen-bond acceptors (Lipinski definition) is 3. The van der Waals surface area contributed by atoms with Crippen molar-refractivity contribution in [3.8, 4) is 0 Å². The number of hydrogen-bond donors (Lipinski definition) is 1. The van der Waals surface area contributed by atoms with Gasteiger partial charge in [0.05, 0.1) is 16.6 Å². The lowest BCUT2D eigenvalue weighted by molar-refractivity contribution is -0.115. The lowest BCUT2D eigenvalue weighted by Gasteiger charge is -2.01. The molecule has 0 saturated carbocycles. The molecule has 0 unspecified atom stereocenters. The number of nitrogens with one attached hydrogen (secondary N) is 1. The number of carbonyl (C=O) groups excluding carboxylic acids is 1. The minimum absolute atomic E-state index is 0.162. The minimum atomic E-state index is -0.308. The van der Waals surface area contributed by atoms with Gasteiger partial charge in [-0.2, -0.15) is 0 Å². The Morgan fingerprint density at radius 2 is 1.83 bits per heavy atom. The van der Waals surface area contributed by atoms with Crippen LogP contribution in [0.4, 0.5) is 9.52 Å². The molecule has 1 N–H and O–H groups in total. The monoisotopic (exact) mass is 336 g/mol. The Bertz CT molecular complexity index is 1040. The van der Waals surface area contributed by atoms with E-state index < -0.39 is 0 Å². The topological polar surface area (TPSA) is 42.0 Å². The van der Waals surface area contributed by atoms with E-state index in [9.17, 15) is 9.18 Å². The highest BCUT2D eigenvalue weighted by molar-refractivity contribution is 7.23. The van der Waals surface area contributed by atoms with Crippen molar-refractivity contribution in [2.75, 3.05) is 5.32 Å². The van der Waals surface area contributed by atoms with Gasteiger partial charge in [-0.1, -0.05) is 53.8 Å². The highest BCUT2D eigenvalue weighted by Gasteiger charge is 2.10. The summed E-state index contributed by atoms with van der Waals surface area (Å²) in [4.78, 5) is 16.7. The third-order valence-corrected chi connectivity index (χ3v) is 4.82. The maximum absolute atomic E-state index is 12.9. The predicted molar refractivity (Wildman–Crippen MR) is 95.9 cm³/mol. The van der Waals surface area contributed by atoms with Crippen molar-refractivity contribution >= 4 is 43.4 Å². The number of benzene rings is 3. The molecule has 1 heterocycles. The molecular formula is C19H13FN2OS. The van der Waals surface area contributed by atoms with E-state index in [1.807, 2.05) is 24.3 Å². The molecule has 0 radical (unpaired) electrons. The summed E-state index contributed by atoms with van der Waals surface area (Å²) >= 11 is 1.47. The van der Waals surface area contributed by atoms with Crippen LogP contribution in [0.5, 0.6) is 0 Å². The van der Waals surface area contributed by atoms with E-state index >= 15 is 0 Å². The fourth-order valence-electron chi connectivity index (χ4n) is 2.66. The Labute approximate surface area is 141 Å². The summed E-state index contributed by atoms with van der Waals surface area (Å²) < 4.78 is 14.0. The molecule has 0 spiro atoms. The number of amides is 1. The zero-order valence-corrected chi connectivity index (χ0v) is 13.4. The van der Waals surface area contributed by atoms with Crippen molar-refractivity contribution in [3.63, 3.8) is 0 Å². The molecule has 0 saturated heterocycles. The molecule has 0 aliphatic rings. The van der Waals surface area contributed by atoms with Gasteiger partial charge < -0.3 is 5.32 Å². The number of halogens is 1. The van der Waals surface area contributed by atoms with Crippen LogP contribution in [-0.4, -0.2) is 10.9 Å². The number of carbonyl (C=O) groups is 1. The minimum Gasteiger partial charge on any atom is -0.302 e. The van der Waals surface area contributed by atoms with Crippen molar-refractivity contribution in [3.05, 3.63) is 72.0 Å². The number of thiazole rings is 1. The molecule has 24 heavy (non-hydrogen) atoms. The standard InChI is InChI=1S/C19H13FN2OS/c20-14-8-5-12(6-9-14)11-17(23)22-19-21-16-10-7-13-3-1-2-4-15(13)18(16)24-19/h1-10H,11H2,(H,21,22,23). The van der Waals surface area contributed by atoms with E-state index in [2.05, 4.69) is 22.4 Å². The van der Waals surface area contributed by atoms with Crippen LogP contribution in [0.25, 0.3) is 21.0 Å². The number of rotatable bonds is 3. The molecule has 1 aromatic heterocycles. The molecule has 0 aliphatic carbocycles. The largest absolute Gasteiger partial charge is 0.302 e. The Morgan fingerprint density at radius 3 is 2.67 bits per heavy atom. The molecule has 3 aromatic carbocycles. The summed E-state index contributed by atoms with van der Waals surface area (Å²) in [6.45, 7) is 0. The second kappa shape index (κ2) is 6.02. The lowest BCUT2D eigenvalue weighted by atomic mass is 10.1. The van der Waals surface area contributed by atoms with E-state index in [-0.39, 0.29) is 18.1 Å². The second-order valence-corrected chi connectivity index (χ2v) is 6.50. The molecule has 118 valence electrons. The Kier molecular flexibility index (Phi) is 3.70. The van der Waals surface area contributed by atoms with Gasteiger partial charge in [-0.3, -0.25) is 4.79 Å². The summed E-state index contributed by atoms with van der Waals surface area (Å²) in [5, 5.41) is 5.69. The number of fused-ring (bicyclic) bond motifs is 3. The zero-order chi connectivity index (χ0) is 16.5. The fourth-order valence-corrected chi connectivity index (χ4v) is 3.68. The highest BCUT2D eigenvalue weighted by Crippen LogP contribution is 2.32. The smallest absolute Gasteiger partial charge is 0.230 e. The Balaban J connectivity index is 1.59. The van der Waals surface area contributed by atoms with E-state index in [1.54, 1.807) is 12.1 Å². The lowest BCUT2D eigenvalue weighted by Crippen LogP contribution is -2.14. The summed E-state index contributed by atoms with van der Waals surface area (Å²) in [7, 11) is 0. The molecule has 4 rings (SSSR count). The maximum Gasteiger partial charge on any atom is 0.230 e. The summed E-state index contributed by atoms with van der Waals surface area (Å²) in [6.07, 6.45) is 0.191. The van der Waals surface area contributed by atoms with Crippen LogP contribution in [0.1, 0.15) is 5.56 Å². The first-order valence-electron chi connectivity index (χ1n) is 7.52. The van der Waals surface area contributed by atoms with Gasteiger partial charge in [0.25, 0.3) is 0 Å². The third-order valence-electron chi connectivity index (χ3n) is 3.80. The van der Waals surface area contributed by atoms with Gasteiger partial charge in [0.2, 0.25) is 5.91 Å². The van der Waals surface area contributed by atoms with Gasteiger partial charge in [0.1, 0.15) is 5.82 Å². The fraction of sp³-hybridized carbons (Fsp3) is 0.0526. The summed E-state index contributed by atoms with van der Waals surface area (Å²) in [5.74, 6) is -0.470. The quantitative estimate of drug-likeness (QED) is 0.585. The normalized spacial score (nSPS) is 11.0. The van der Waals surface area contributed by atoms with Crippen molar-refractivity contribution in [2.24, 2.45) is 0 Å². The Hall–Kier alpha value is -2.79. The molecule has 0 bridgehead atoms. The highest BCUT2D eigenvalue weighted by atomic mass is 32.1. The van der Waals surface area contributed by atoms with Gasteiger partial charge in [0.15, 0.2) is 5.13 Å². The number of anilines is 1. The maximum atomic E-state index is 12.9. The van der Waals surface area contributed by atoms with Crippen molar-refractivity contribution in [1.29, 1.82) is 0 Å². The van der Waals surface area contributed by atoms with Gasteiger partial charge in [0, 0.05) is 5.39 Å². The van der Waals surface area contributed by atoms with Crippen molar-refractivity contribution in [2.45, 2.75) is 6.42 Å². The number of nitrogens with zero attached hydrogens (tertiary/aromatic N) is 1. The first kappa shape index (κ1) is 14.8. The van der Waals surface area contributed by atoms with Crippen LogP contribution in [0.3, 0.4) is 0 Å². The average Bonchev–Trinajstić information content (AvgIpc) is 2.99. The Morgan fingerprint density at radius 1 is 1.04 bits per heavy atom. The second-order valence-electron chi connectivity index (χ2n) is 5.51. The molecule has 0 atom stereocenters. The van der Waals surface area contributed by atoms with Crippen LogP contribution >= 0.6 is 11.3 Å². The van der Waals surface area contributed by atoms with Crippen LogP contribution in [0.15, 0.2) is 60.7 Å². The van der Waals surface area contributed by atoms with Crippen LogP contribution in [-0.2, 0) is 11.2 Å². The van der Waals surface area contributed by atoms with Gasteiger partial charge in [-0.05, 0) is 29.1 Å². The number of aromatic nitrogens is 1. The first-order chi connectivity index (χ1) is 11.7. The van der Waals surface area contributed by atoms with Crippen LogP contribution in [0.2, 0.25) is 0 Å². The molecule has 4 aromatic rings. The van der Waals surface area contributed by atoms with Crippen LogP contribution in [0, 0.1) is 5.82 Å². The average molecular weight is 336 g/mol. The molecular weight excluding hydrogens is 323 g/mol. The van der Waals surface area contributed by atoms with E-state index in [0.29, 0.717) is 5.13 Å². The SMILES string of the molecule is O=C(Cc1ccc(F)cc1)Nc1nc2ccc3ccccc3c2s1. The van der Waals surface area contributed by atoms with Crippen molar-refractivity contribution in [1.82, 2.24) is 4.98 Å². The summed E-state index contributed by atoms with van der Waals surface area (Å²) in [6, 6.07) is 18.0.